The van der Waals surface area contributed by atoms with E-state index in [1.807, 2.05) is 41.2 Å². The maximum Gasteiger partial charge on any atom is 0.426 e. The number of phosphoric acid groups is 1. The molecule has 1 N–H and O–H groups in total. The molecule has 0 aliphatic carbocycles. The first-order valence-corrected chi connectivity index (χ1v) is 16.8. The van der Waals surface area contributed by atoms with Gasteiger partial charge in [0, 0.05) is 31.4 Å². The predicted molar refractivity (Wildman–Crippen MR) is 160 cm³/mol. The molecule has 0 saturated carbocycles. The molecule has 0 aliphatic rings. The SMILES string of the molecule is CCCCCCCCCCCCCCCCOC[C@H](CO[P+]([O-])(O)Oc1cccc(C[n+]2ccccc2)c1)OC. The summed E-state index contributed by atoms with van der Waals surface area (Å²) in [6.07, 6.45) is 22.0. The normalized spacial score (nSPS) is 13.7. The predicted octanol–water partition coefficient (Wildman–Crippen LogP) is 6.96. The van der Waals surface area contributed by atoms with Crippen molar-refractivity contribution in [3.8, 4) is 5.75 Å². The summed E-state index contributed by atoms with van der Waals surface area (Å²) >= 11 is 0. The van der Waals surface area contributed by atoms with Gasteiger partial charge >= 0.3 is 8.17 Å². The molecule has 0 aliphatic heterocycles. The lowest BCUT2D eigenvalue weighted by molar-refractivity contribution is -0.688. The van der Waals surface area contributed by atoms with Crippen molar-refractivity contribution in [2.75, 3.05) is 26.9 Å². The van der Waals surface area contributed by atoms with Gasteiger partial charge in [-0.1, -0.05) is 109 Å². The third-order valence-electron chi connectivity index (χ3n) is 6.96. The van der Waals surface area contributed by atoms with E-state index in [2.05, 4.69) is 6.92 Å². The largest absolute Gasteiger partial charge is 0.598 e. The Labute approximate surface area is 243 Å². The van der Waals surface area contributed by atoms with E-state index in [-0.39, 0.29) is 12.4 Å². The molecule has 0 saturated heterocycles. The highest BCUT2D eigenvalue weighted by atomic mass is 31.2. The second-order valence-corrected chi connectivity index (χ2v) is 12.0. The molecule has 1 unspecified atom stereocenters. The van der Waals surface area contributed by atoms with Gasteiger partial charge in [-0.2, -0.15) is 9.42 Å². The van der Waals surface area contributed by atoms with Crippen LogP contribution < -0.4 is 14.0 Å². The van der Waals surface area contributed by atoms with E-state index in [1.165, 1.54) is 84.2 Å². The van der Waals surface area contributed by atoms with Crippen molar-refractivity contribution < 1.29 is 32.9 Å². The van der Waals surface area contributed by atoms with Crippen molar-refractivity contribution in [3.63, 3.8) is 0 Å². The van der Waals surface area contributed by atoms with E-state index in [0.29, 0.717) is 19.8 Å². The Bertz CT molecular complexity index is 869. The van der Waals surface area contributed by atoms with Crippen LogP contribution in [0, 0.1) is 0 Å². The molecule has 40 heavy (non-hydrogen) atoms. The van der Waals surface area contributed by atoms with Gasteiger partial charge in [0.05, 0.1) is 6.61 Å². The summed E-state index contributed by atoms with van der Waals surface area (Å²) in [5, 5.41) is 0. The Balaban J connectivity index is 1.50. The van der Waals surface area contributed by atoms with Crippen LogP contribution in [0.2, 0.25) is 0 Å². The third-order valence-corrected chi connectivity index (χ3v) is 7.88. The number of ether oxygens (including phenoxy) is 2. The minimum absolute atomic E-state index is 0.0947. The molecule has 2 atom stereocenters. The number of hydrogen-bond acceptors (Lipinski definition) is 6. The van der Waals surface area contributed by atoms with Gasteiger partial charge in [0.25, 0.3) is 0 Å². The van der Waals surface area contributed by atoms with Crippen LogP contribution in [-0.4, -0.2) is 37.9 Å². The van der Waals surface area contributed by atoms with Gasteiger partial charge in [-0.15, -0.1) is 0 Å². The fourth-order valence-corrected chi connectivity index (χ4v) is 5.37. The minimum Gasteiger partial charge on any atom is -0.598 e. The number of aromatic nitrogens is 1. The van der Waals surface area contributed by atoms with Crippen LogP contribution in [0.4, 0.5) is 0 Å². The highest BCUT2D eigenvalue weighted by Crippen LogP contribution is 2.47. The molecule has 0 spiro atoms. The lowest BCUT2D eigenvalue weighted by Gasteiger charge is -2.22. The molecule has 2 rings (SSSR count). The number of benzene rings is 1. The van der Waals surface area contributed by atoms with Crippen LogP contribution in [0.3, 0.4) is 0 Å². The van der Waals surface area contributed by atoms with Crippen LogP contribution in [0.15, 0.2) is 54.9 Å². The van der Waals surface area contributed by atoms with Gasteiger partial charge in [0.1, 0.15) is 12.7 Å². The van der Waals surface area contributed by atoms with Crippen molar-refractivity contribution in [2.24, 2.45) is 0 Å². The molecule has 1 aromatic heterocycles. The van der Waals surface area contributed by atoms with Crippen LogP contribution in [-0.2, 0) is 20.5 Å². The van der Waals surface area contributed by atoms with E-state index in [9.17, 15) is 9.79 Å². The summed E-state index contributed by atoms with van der Waals surface area (Å²) in [4.78, 5) is 22.7. The van der Waals surface area contributed by atoms with Gasteiger partial charge in [-0.25, -0.2) is 4.57 Å². The fourth-order valence-electron chi connectivity index (χ4n) is 4.59. The number of nitrogens with zero attached hydrogens (tertiary/aromatic N) is 1. The first kappa shape index (κ1) is 34.6. The molecular formula is C32H53NO6P+. The van der Waals surface area contributed by atoms with E-state index in [0.717, 1.165) is 18.4 Å². The van der Waals surface area contributed by atoms with Gasteiger partial charge in [-0.05, 0) is 18.6 Å². The van der Waals surface area contributed by atoms with Crippen molar-refractivity contribution in [1.29, 1.82) is 0 Å². The van der Waals surface area contributed by atoms with Gasteiger partial charge < -0.3 is 14.4 Å². The monoisotopic (exact) mass is 578 g/mol. The summed E-state index contributed by atoms with van der Waals surface area (Å²) in [7, 11) is -2.76. The van der Waals surface area contributed by atoms with Gasteiger partial charge in [-0.3, -0.25) is 4.52 Å². The minimum atomic E-state index is -4.30. The molecule has 2 aromatic rings. The van der Waals surface area contributed by atoms with Crippen LogP contribution in [0.25, 0.3) is 0 Å². The topological polar surface area (TPSA) is 84.1 Å². The zero-order chi connectivity index (χ0) is 28.7. The lowest BCUT2D eigenvalue weighted by Crippen LogP contribution is -2.32. The average Bonchev–Trinajstić information content (AvgIpc) is 2.95. The van der Waals surface area contributed by atoms with E-state index < -0.39 is 14.3 Å². The molecule has 0 amide bonds. The zero-order valence-electron chi connectivity index (χ0n) is 24.9. The second-order valence-electron chi connectivity index (χ2n) is 10.6. The van der Waals surface area contributed by atoms with Crippen molar-refractivity contribution in [1.82, 2.24) is 0 Å². The van der Waals surface area contributed by atoms with Crippen molar-refractivity contribution in [3.05, 3.63) is 60.4 Å². The first-order chi connectivity index (χ1) is 19.5. The number of hydrogen-bond donors (Lipinski definition) is 1. The summed E-state index contributed by atoms with van der Waals surface area (Å²) in [6.45, 7) is 3.75. The standard InChI is InChI=1S/C32H52NO6P/c1-3-4-5-6-7-8-9-10-11-12-13-14-15-19-25-37-28-32(36-2)29-38-40(34,35)39-31-22-20-21-30(26-31)27-33-23-17-16-18-24-33/h16-18,20-24,26,32H,3-15,19,25,27-29H2,1-2H3/p+1/t32-/m1/s1. The van der Waals surface area contributed by atoms with E-state index >= 15 is 0 Å². The molecule has 226 valence electrons. The molecule has 0 fully saturated rings. The fraction of sp³-hybridized carbons (Fsp3) is 0.656. The molecule has 0 bridgehead atoms. The summed E-state index contributed by atoms with van der Waals surface area (Å²) in [6, 6.07) is 13.0. The second kappa shape index (κ2) is 22.1. The number of methoxy groups -OCH3 is 1. The lowest BCUT2D eigenvalue weighted by atomic mass is 10.0. The molecule has 1 aromatic carbocycles. The van der Waals surface area contributed by atoms with Crippen molar-refractivity contribution >= 4 is 8.17 Å². The number of phosphoric ester groups is 1. The Kier molecular flexibility index (Phi) is 19.1. The Morgan fingerprint density at radius 1 is 0.800 bits per heavy atom. The van der Waals surface area contributed by atoms with Gasteiger partial charge in [0.2, 0.25) is 0 Å². The molecule has 0 radical (unpaired) electrons. The molecule has 8 heteroatoms. The first-order valence-electron chi connectivity index (χ1n) is 15.3. The molecule has 1 heterocycles. The third kappa shape index (κ3) is 17.3. The van der Waals surface area contributed by atoms with Crippen LogP contribution in [0.1, 0.15) is 102 Å². The van der Waals surface area contributed by atoms with Crippen LogP contribution >= 0.6 is 8.17 Å². The Morgan fingerprint density at radius 2 is 1.40 bits per heavy atom. The smallest absolute Gasteiger partial charge is 0.426 e. The molecular weight excluding hydrogens is 525 g/mol. The summed E-state index contributed by atoms with van der Waals surface area (Å²) in [5.41, 5.74) is 0.945. The molecule has 7 nitrogen and oxygen atoms in total. The quantitative estimate of drug-likeness (QED) is 0.0779. The van der Waals surface area contributed by atoms with Crippen LogP contribution in [0.5, 0.6) is 5.75 Å². The Morgan fingerprint density at radius 3 is 2.00 bits per heavy atom. The maximum atomic E-state index is 12.5. The van der Waals surface area contributed by atoms with E-state index in [1.54, 1.807) is 18.2 Å². The van der Waals surface area contributed by atoms with E-state index in [4.69, 9.17) is 18.5 Å². The zero-order valence-corrected chi connectivity index (χ0v) is 25.8. The van der Waals surface area contributed by atoms with Crippen molar-refractivity contribution in [2.45, 2.75) is 109 Å². The number of pyridine rings is 1. The maximum absolute atomic E-state index is 12.5. The average molecular weight is 579 g/mol. The summed E-state index contributed by atoms with van der Waals surface area (Å²) < 4.78 is 23.6. The van der Waals surface area contributed by atoms with Gasteiger partial charge in [0.15, 0.2) is 24.7 Å². The highest BCUT2D eigenvalue weighted by Gasteiger charge is 2.31. The highest BCUT2D eigenvalue weighted by molar-refractivity contribution is 7.53. The Hall–Kier alpha value is -1.60. The number of unbranched alkanes of at least 4 members (excludes halogenated alkanes) is 13. The summed E-state index contributed by atoms with van der Waals surface area (Å²) in [5.74, 6) is 0.280. The number of rotatable bonds is 25.